The minimum Gasteiger partial charge on any atom is -0.395 e. The van der Waals surface area contributed by atoms with Gasteiger partial charge in [-0.05, 0) is 18.9 Å². The average molecular weight is 231 g/mol. The largest absolute Gasteiger partial charge is 0.395 e. The predicted molar refractivity (Wildman–Crippen MR) is 59.4 cm³/mol. The lowest BCUT2D eigenvalue weighted by molar-refractivity contribution is -0.129. The number of nitrogens with one attached hydrogen (secondary N) is 1. The van der Waals surface area contributed by atoms with Crippen molar-refractivity contribution in [3.63, 3.8) is 0 Å². The van der Waals surface area contributed by atoms with Crippen molar-refractivity contribution < 1.29 is 14.6 Å². The molecule has 1 amide bonds. The zero-order chi connectivity index (χ0) is 12.1. The topological polar surface area (TPSA) is 87.8 Å². The van der Waals surface area contributed by atoms with Crippen LogP contribution in [0, 0.1) is 5.92 Å². The summed E-state index contributed by atoms with van der Waals surface area (Å²) in [5.74, 6) is 5.26. The first-order valence-electron chi connectivity index (χ1n) is 5.51. The van der Waals surface area contributed by atoms with Crippen LogP contribution >= 0.6 is 0 Å². The van der Waals surface area contributed by atoms with Gasteiger partial charge in [0.1, 0.15) is 6.04 Å². The molecule has 6 heteroatoms. The molecule has 1 aliphatic rings. The summed E-state index contributed by atoms with van der Waals surface area (Å²) in [4.78, 5) is 13.6. The molecule has 1 rings (SSSR count). The number of ether oxygens (including phenoxy) is 1. The van der Waals surface area contributed by atoms with Gasteiger partial charge in [-0.1, -0.05) is 6.92 Å². The summed E-state index contributed by atoms with van der Waals surface area (Å²) < 4.78 is 5.03. The van der Waals surface area contributed by atoms with Gasteiger partial charge >= 0.3 is 0 Å². The third kappa shape index (κ3) is 2.70. The van der Waals surface area contributed by atoms with E-state index in [4.69, 9.17) is 10.6 Å². The SMILES string of the molecule is COCC(C(=O)NN)N1CCC(C)C1CO. The summed E-state index contributed by atoms with van der Waals surface area (Å²) >= 11 is 0. The third-order valence-corrected chi connectivity index (χ3v) is 3.28. The van der Waals surface area contributed by atoms with Crippen LogP contribution in [0.5, 0.6) is 0 Å². The molecule has 0 saturated carbocycles. The maximum atomic E-state index is 11.6. The van der Waals surface area contributed by atoms with Gasteiger partial charge in [-0.15, -0.1) is 0 Å². The summed E-state index contributed by atoms with van der Waals surface area (Å²) in [6.45, 7) is 3.20. The van der Waals surface area contributed by atoms with Crippen LogP contribution in [0.1, 0.15) is 13.3 Å². The smallest absolute Gasteiger partial charge is 0.253 e. The number of likely N-dealkylation sites (tertiary alicyclic amines) is 1. The first kappa shape index (κ1) is 13.4. The molecule has 0 aromatic heterocycles. The Morgan fingerprint density at radius 1 is 1.75 bits per heavy atom. The summed E-state index contributed by atoms with van der Waals surface area (Å²) in [6, 6.07) is -0.408. The van der Waals surface area contributed by atoms with Crippen LogP contribution in [0.15, 0.2) is 0 Å². The molecule has 0 radical (unpaired) electrons. The van der Waals surface area contributed by atoms with Crippen LogP contribution in [0.25, 0.3) is 0 Å². The van der Waals surface area contributed by atoms with E-state index in [-0.39, 0.29) is 25.2 Å². The number of hydrogen-bond donors (Lipinski definition) is 3. The van der Waals surface area contributed by atoms with Gasteiger partial charge in [-0.3, -0.25) is 15.1 Å². The third-order valence-electron chi connectivity index (χ3n) is 3.28. The Hall–Kier alpha value is -0.690. The number of carbonyl (C=O) groups excluding carboxylic acids is 1. The molecule has 16 heavy (non-hydrogen) atoms. The summed E-state index contributed by atoms with van der Waals surface area (Å²) in [5.41, 5.74) is 2.14. The van der Waals surface area contributed by atoms with Gasteiger partial charge < -0.3 is 9.84 Å². The van der Waals surface area contributed by atoms with E-state index >= 15 is 0 Å². The van der Waals surface area contributed by atoms with Crippen LogP contribution in [0.2, 0.25) is 0 Å². The summed E-state index contributed by atoms with van der Waals surface area (Å²) in [5, 5.41) is 9.33. The second-order valence-electron chi connectivity index (χ2n) is 4.23. The van der Waals surface area contributed by atoms with E-state index in [1.165, 1.54) is 0 Å². The van der Waals surface area contributed by atoms with Crippen molar-refractivity contribution in [2.24, 2.45) is 11.8 Å². The number of amides is 1. The Bertz CT molecular complexity index is 237. The molecule has 3 atom stereocenters. The molecule has 0 aromatic rings. The molecular formula is C10H21N3O3. The van der Waals surface area contributed by atoms with Crippen LogP contribution in [-0.2, 0) is 9.53 Å². The number of methoxy groups -OCH3 is 1. The lowest BCUT2D eigenvalue weighted by Gasteiger charge is -2.31. The van der Waals surface area contributed by atoms with Crippen molar-refractivity contribution in [3.8, 4) is 0 Å². The maximum absolute atomic E-state index is 11.6. The first-order chi connectivity index (χ1) is 7.65. The molecule has 94 valence electrons. The molecule has 0 aliphatic carbocycles. The van der Waals surface area contributed by atoms with Gasteiger partial charge in [0.05, 0.1) is 13.2 Å². The molecule has 6 nitrogen and oxygen atoms in total. The number of aliphatic hydroxyl groups is 1. The number of nitrogens with two attached hydrogens (primary N) is 1. The van der Waals surface area contributed by atoms with E-state index in [9.17, 15) is 9.90 Å². The zero-order valence-corrected chi connectivity index (χ0v) is 9.85. The average Bonchev–Trinajstić information content (AvgIpc) is 2.66. The second-order valence-corrected chi connectivity index (χ2v) is 4.23. The van der Waals surface area contributed by atoms with Gasteiger partial charge in [-0.2, -0.15) is 0 Å². The van der Waals surface area contributed by atoms with Crippen molar-refractivity contribution >= 4 is 5.91 Å². The van der Waals surface area contributed by atoms with Crippen LogP contribution in [0.3, 0.4) is 0 Å². The fourth-order valence-corrected chi connectivity index (χ4v) is 2.29. The van der Waals surface area contributed by atoms with Crippen molar-refractivity contribution in [1.82, 2.24) is 10.3 Å². The van der Waals surface area contributed by atoms with Crippen molar-refractivity contribution in [3.05, 3.63) is 0 Å². The van der Waals surface area contributed by atoms with Crippen LogP contribution < -0.4 is 11.3 Å². The highest BCUT2D eigenvalue weighted by Crippen LogP contribution is 2.25. The molecule has 1 saturated heterocycles. The summed E-state index contributed by atoms with van der Waals surface area (Å²) in [6.07, 6.45) is 0.975. The fourth-order valence-electron chi connectivity index (χ4n) is 2.29. The molecule has 0 aromatic carbocycles. The first-order valence-corrected chi connectivity index (χ1v) is 5.51. The predicted octanol–water partition coefficient (Wildman–Crippen LogP) is -1.31. The number of carbonyl (C=O) groups is 1. The van der Waals surface area contributed by atoms with Gasteiger partial charge in [0.2, 0.25) is 0 Å². The van der Waals surface area contributed by atoms with E-state index in [1.807, 2.05) is 4.90 Å². The normalized spacial score (nSPS) is 28.0. The number of hydrazine groups is 1. The number of aliphatic hydroxyl groups excluding tert-OH is 1. The van der Waals surface area contributed by atoms with E-state index in [0.29, 0.717) is 5.92 Å². The molecule has 0 spiro atoms. The number of hydrogen-bond acceptors (Lipinski definition) is 5. The molecule has 1 fully saturated rings. The zero-order valence-electron chi connectivity index (χ0n) is 9.85. The lowest BCUT2D eigenvalue weighted by atomic mass is 10.0. The number of rotatable bonds is 5. The van der Waals surface area contributed by atoms with Crippen molar-refractivity contribution in [2.75, 3.05) is 26.9 Å². The fraction of sp³-hybridized carbons (Fsp3) is 0.900. The van der Waals surface area contributed by atoms with E-state index in [1.54, 1.807) is 7.11 Å². The minimum atomic E-state index is -0.419. The monoisotopic (exact) mass is 231 g/mol. The molecule has 4 N–H and O–H groups in total. The molecular weight excluding hydrogens is 210 g/mol. The van der Waals surface area contributed by atoms with E-state index in [0.717, 1.165) is 13.0 Å². The molecule has 0 bridgehead atoms. The Morgan fingerprint density at radius 2 is 2.44 bits per heavy atom. The van der Waals surface area contributed by atoms with Gasteiger partial charge in [-0.25, -0.2) is 5.84 Å². The molecule has 1 aliphatic heterocycles. The number of nitrogens with zero attached hydrogens (tertiary/aromatic N) is 1. The van der Waals surface area contributed by atoms with Crippen molar-refractivity contribution in [1.29, 1.82) is 0 Å². The maximum Gasteiger partial charge on any atom is 0.253 e. The summed E-state index contributed by atoms with van der Waals surface area (Å²) in [7, 11) is 1.55. The Morgan fingerprint density at radius 3 is 2.94 bits per heavy atom. The molecule has 1 heterocycles. The van der Waals surface area contributed by atoms with Gasteiger partial charge in [0, 0.05) is 13.2 Å². The quantitative estimate of drug-likeness (QED) is 0.311. The Kier molecular flexibility index (Phi) is 5.14. The van der Waals surface area contributed by atoms with Gasteiger partial charge in [0.25, 0.3) is 5.91 Å². The van der Waals surface area contributed by atoms with Gasteiger partial charge in [0.15, 0.2) is 0 Å². The van der Waals surface area contributed by atoms with Crippen molar-refractivity contribution in [2.45, 2.75) is 25.4 Å². The van der Waals surface area contributed by atoms with Crippen LogP contribution in [0.4, 0.5) is 0 Å². The van der Waals surface area contributed by atoms with E-state index in [2.05, 4.69) is 12.3 Å². The van der Waals surface area contributed by atoms with E-state index < -0.39 is 6.04 Å². The highest BCUT2D eigenvalue weighted by molar-refractivity contribution is 5.81. The highest BCUT2D eigenvalue weighted by Gasteiger charge is 2.38. The standard InChI is InChI=1S/C10H21N3O3/c1-7-3-4-13(8(7)5-14)9(6-16-2)10(15)12-11/h7-9,14H,3-6,11H2,1-2H3,(H,12,15). The Labute approximate surface area is 95.7 Å². The Balaban J connectivity index is 2.73. The van der Waals surface area contributed by atoms with Crippen LogP contribution in [-0.4, -0.2) is 54.9 Å². The minimum absolute atomic E-state index is 0.0115. The lowest BCUT2D eigenvalue weighted by Crippen LogP contribution is -2.54. The highest BCUT2D eigenvalue weighted by atomic mass is 16.5. The molecule has 3 unspecified atom stereocenters. The second kappa shape index (κ2) is 6.15.